The third-order valence-electron chi connectivity index (χ3n) is 8.53. The second-order valence-corrected chi connectivity index (χ2v) is 12.0. The number of benzene rings is 2. The van der Waals surface area contributed by atoms with Gasteiger partial charge in [-0.3, -0.25) is 0 Å². The maximum atomic E-state index is 10.9. The molecule has 7 nitrogen and oxygen atoms in total. The molecule has 0 aliphatic heterocycles. The average Bonchev–Trinajstić information content (AvgIpc) is 2.98. The highest BCUT2D eigenvalue weighted by atomic mass is 16.5. The van der Waals surface area contributed by atoms with E-state index in [0.29, 0.717) is 12.4 Å². The van der Waals surface area contributed by atoms with E-state index in [0.717, 1.165) is 68.2 Å². The third-order valence-corrected chi connectivity index (χ3v) is 8.53. The van der Waals surface area contributed by atoms with Crippen molar-refractivity contribution in [2.24, 2.45) is 0 Å². The van der Waals surface area contributed by atoms with Crippen LogP contribution in [-0.4, -0.2) is 71.3 Å². The Labute approximate surface area is 253 Å². The number of rotatable bonds is 21. The molecule has 0 radical (unpaired) electrons. The SMILES string of the molecule is CCC(CC)(c1ccc(OC[C@@H](O)CO)c(C)c1)c1ccc(OC[C@@H](O)C(C)(C)OCCCCCCCCO)c(C)c1. The van der Waals surface area contributed by atoms with Crippen LogP contribution < -0.4 is 9.47 Å². The molecule has 0 amide bonds. The van der Waals surface area contributed by atoms with Crippen molar-refractivity contribution >= 4 is 0 Å². The Balaban J connectivity index is 2.03. The first-order valence-corrected chi connectivity index (χ1v) is 15.7. The third kappa shape index (κ3) is 10.2. The van der Waals surface area contributed by atoms with E-state index in [1.807, 2.05) is 39.8 Å². The lowest BCUT2D eigenvalue weighted by Crippen LogP contribution is -2.43. The Morgan fingerprint density at radius 2 is 1.21 bits per heavy atom. The minimum Gasteiger partial charge on any atom is -0.491 e. The molecule has 0 saturated carbocycles. The van der Waals surface area contributed by atoms with E-state index in [-0.39, 0.29) is 31.8 Å². The van der Waals surface area contributed by atoms with E-state index in [2.05, 4.69) is 38.1 Å². The van der Waals surface area contributed by atoms with Crippen LogP contribution in [0.15, 0.2) is 36.4 Å². The zero-order valence-corrected chi connectivity index (χ0v) is 26.8. The largest absolute Gasteiger partial charge is 0.491 e. The van der Waals surface area contributed by atoms with Gasteiger partial charge in [-0.05, 0) is 87.8 Å². The van der Waals surface area contributed by atoms with Crippen molar-refractivity contribution in [2.45, 2.75) is 116 Å². The number of hydrogen-bond donors (Lipinski definition) is 4. The molecule has 2 aromatic carbocycles. The molecule has 0 unspecified atom stereocenters. The topological polar surface area (TPSA) is 109 Å². The summed E-state index contributed by atoms with van der Waals surface area (Å²) < 4.78 is 17.8. The summed E-state index contributed by atoms with van der Waals surface area (Å²) in [5, 5.41) is 38.4. The predicted molar refractivity (Wildman–Crippen MR) is 169 cm³/mol. The van der Waals surface area contributed by atoms with Crippen LogP contribution in [0.25, 0.3) is 0 Å². The van der Waals surface area contributed by atoms with Crippen molar-refractivity contribution < 1.29 is 34.6 Å². The summed E-state index contributed by atoms with van der Waals surface area (Å²) in [6.45, 7) is 13.0. The highest BCUT2D eigenvalue weighted by molar-refractivity contribution is 5.48. The van der Waals surface area contributed by atoms with Crippen molar-refractivity contribution in [1.29, 1.82) is 0 Å². The van der Waals surface area contributed by atoms with Crippen LogP contribution in [0, 0.1) is 13.8 Å². The monoisotopic (exact) mass is 588 g/mol. The zero-order valence-electron chi connectivity index (χ0n) is 26.8. The number of unbranched alkanes of at least 4 members (excludes halogenated alkanes) is 5. The number of aliphatic hydroxyl groups excluding tert-OH is 4. The van der Waals surface area contributed by atoms with Crippen molar-refractivity contribution in [2.75, 3.05) is 33.0 Å². The Bertz CT molecular complexity index is 1050. The van der Waals surface area contributed by atoms with Crippen LogP contribution in [0.2, 0.25) is 0 Å². The highest BCUT2D eigenvalue weighted by Gasteiger charge is 2.32. The first kappa shape index (κ1) is 36.0. The summed E-state index contributed by atoms with van der Waals surface area (Å²) in [5.74, 6) is 1.45. The Hall–Kier alpha value is -2.16. The van der Waals surface area contributed by atoms with Crippen LogP contribution in [0.5, 0.6) is 11.5 Å². The zero-order chi connectivity index (χ0) is 31.2. The van der Waals surface area contributed by atoms with Gasteiger partial charge in [0, 0.05) is 18.6 Å². The van der Waals surface area contributed by atoms with Crippen LogP contribution in [0.4, 0.5) is 0 Å². The second-order valence-electron chi connectivity index (χ2n) is 12.0. The Kier molecular flexibility index (Phi) is 15.3. The van der Waals surface area contributed by atoms with Gasteiger partial charge in [0.15, 0.2) is 0 Å². The molecule has 7 heteroatoms. The molecular weight excluding hydrogens is 532 g/mol. The molecule has 4 N–H and O–H groups in total. The molecule has 0 aromatic heterocycles. The standard InChI is InChI=1S/C35H56O7/c1-7-35(8-2,28-15-17-31(26(3)21-28)40-24-30(38)23-37)29-16-18-32(27(4)22-29)41-25-33(39)34(5,6)42-20-14-12-10-9-11-13-19-36/h15-18,21-22,30,33,36-39H,7-14,19-20,23-25H2,1-6H3/t30-,33+/m0/s1. The van der Waals surface area contributed by atoms with Gasteiger partial charge in [0.1, 0.15) is 36.9 Å². The summed E-state index contributed by atoms with van der Waals surface area (Å²) in [5.41, 5.74) is 3.51. The lowest BCUT2D eigenvalue weighted by Gasteiger charge is -2.34. The van der Waals surface area contributed by atoms with E-state index in [1.165, 1.54) is 11.1 Å². The van der Waals surface area contributed by atoms with Gasteiger partial charge < -0.3 is 34.6 Å². The summed E-state index contributed by atoms with van der Waals surface area (Å²) in [7, 11) is 0. The van der Waals surface area contributed by atoms with Crippen LogP contribution in [0.1, 0.15) is 101 Å². The quantitative estimate of drug-likeness (QED) is 0.132. The molecule has 238 valence electrons. The van der Waals surface area contributed by atoms with Gasteiger partial charge in [-0.2, -0.15) is 0 Å². The maximum Gasteiger partial charge on any atom is 0.122 e. The van der Waals surface area contributed by atoms with E-state index >= 15 is 0 Å². The van der Waals surface area contributed by atoms with Crippen molar-refractivity contribution in [3.8, 4) is 11.5 Å². The number of ether oxygens (including phenoxy) is 3. The second kappa shape index (κ2) is 17.8. The molecule has 0 aliphatic rings. The first-order chi connectivity index (χ1) is 20.0. The van der Waals surface area contributed by atoms with Gasteiger partial charge in [-0.25, -0.2) is 0 Å². The number of hydrogen-bond acceptors (Lipinski definition) is 7. The van der Waals surface area contributed by atoms with Gasteiger partial charge in [-0.15, -0.1) is 0 Å². The van der Waals surface area contributed by atoms with Crippen LogP contribution in [0.3, 0.4) is 0 Å². The van der Waals surface area contributed by atoms with Gasteiger partial charge in [0.2, 0.25) is 0 Å². The molecule has 0 heterocycles. The lowest BCUT2D eigenvalue weighted by molar-refractivity contribution is -0.113. The van der Waals surface area contributed by atoms with Gasteiger partial charge in [0.25, 0.3) is 0 Å². The summed E-state index contributed by atoms with van der Waals surface area (Å²) in [6, 6.07) is 12.5. The van der Waals surface area contributed by atoms with Gasteiger partial charge in [-0.1, -0.05) is 63.8 Å². The number of aliphatic hydroxyl groups is 4. The minimum atomic E-state index is -0.901. The Morgan fingerprint density at radius 1 is 0.714 bits per heavy atom. The van der Waals surface area contributed by atoms with E-state index < -0.39 is 17.8 Å². The molecule has 0 spiro atoms. The molecule has 0 fully saturated rings. The summed E-state index contributed by atoms with van der Waals surface area (Å²) >= 11 is 0. The van der Waals surface area contributed by atoms with Crippen molar-refractivity contribution in [3.05, 3.63) is 58.7 Å². The molecule has 0 aliphatic carbocycles. The fraction of sp³-hybridized carbons (Fsp3) is 0.657. The van der Waals surface area contributed by atoms with E-state index in [4.69, 9.17) is 24.4 Å². The highest BCUT2D eigenvalue weighted by Crippen LogP contribution is 2.41. The number of aryl methyl sites for hydroxylation is 2. The van der Waals surface area contributed by atoms with Crippen molar-refractivity contribution in [3.63, 3.8) is 0 Å². The molecular formula is C35H56O7. The molecule has 0 saturated heterocycles. The van der Waals surface area contributed by atoms with E-state index in [9.17, 15) is 10.2 Å². The Morgan fingerprint density at radius 3 is 1.69 bits per heavy atom. The fourth-order valence-corrected chi connectivity index (χ4v) is 5.41. The molecule has 2 rings (SSSR count). The molecule has 0 bridgehead atoms. The van der Waals surface area contributed by atoms with Crippen LogP contribution >= 0.6 is 0 Å². The average molecular weight is 589 g/mol. The molecule has 2 atom stereocenters. The van der Waals surface area contributed by atoms with Gasteiger partial charge in [0.05, 0.1) is 12.2 Å². The minimum absolute atomic E-state index is 0.0504. The maximum absolute atomic E-state index is 10.9. The molecule has 42 heavy (non-hydrogen) atoms. The first-order valence-electron chi connectivity index (χ1n) is 15.7. The lowest BCUT2D eigenvalue weighted by atomic mass is 9.70. The smallest absolute Gasteiger partial charge is 0.122 e. The van der Waals surface area contributed by atoms with E-state index in [1.54, 1.807) is 0 Å². The van der Waals surface area contributed by atoms with Crippen molar-refractivity contribution in [1.82, 2.24) is 0 Å². The normalized spacial score (nSPS) is 13.7. The summed E-state index contributed by atoms with van der Waals surface area (Å²) in [6.07, 6.45) is 6.41. The fourth-order valence-electron chi connectivity index (χ4n) is 5.41. The van der Waals surface area contributed by atoms with Crippen LogP contribution in [-0.2, 0) is 10.2 Å². The van der Waals surface area contributed by atoms with Gasteiger partial charge >= 0.3 is 0 Å². The molecule has 2 aromatic rings. The predicted octanol–water partition coefficient (Wildman–Crippen LogP) is 6.01. The summed E-state index contributed by atoms with van der Waals surface area (Å²) in [4.78, 5) is 0.